The van der Waals surface area contributed by atoms with Gasteiger partial charge in [0.15, 0.2) is 0 Å². The first-order valence-electron chi connectivity index (χ1n) is 20.2. The normalized spacial score (nSPS) is 11.3. The van der Waals surface area contributed by atoms with Crippen molar-refractivity contribution in [3.8, 4) is 24.7 Å². The molecule has 0 aliphatic rings. The molecule has 58 heavy (non-hydrogen) atoms. The highest BCUT2D eigenvalue weighted by Crippen LogP contribution is 1.89. The van der Waals surface area contributed by atoms with Gasteiger partial charge in [-0.1, -0.05) is 11.8 Å². The summed E-state index contributed by atoms with van der Waals surface area (Å²) in [5, 5.41) is 0. The second-order valence-corrected chi connectivity index (χ2v) is 11.3. The minimum absolute atomic E-state index is 0.302. The third kappa shape index (κ3) is 54.4. The first kappa shape index (κ1) is 56.4. The molecule has 0 bridgehead atoms. The lowest BCUT2D eigenvalue weighted by molar-refractivity contribution is -0.0308. The SMILES string of the molecule is C#CCOCCOCCOCCOCCOCCOCCOCCOCCOCCOCCOCCOCCOCCOCCOCCOCCOCCOCC#C. The summed E-state index contributed by atoms with van der Waals surface area (Å²) in [4.78, 5) is 0. The van der Waals surface area contributed by atoms with Crippen LogP contribution in [0.3, 0.4) is 0 Å². The Balaban J connectivity index is 3.06. The smallest absolute Gasteiger partial charge is 0.107 e. The summed E-state index contributed by atoms with van der Waals surface area (Å²) < 4.78 is 97.5. The van der Waals surface area contributed by atoms with Crippen molar-refractivity contribution in [2.75, 3.05) is 238 Å². The maximum absolute atomic E-state index is 5.50. The molecule has 0 atom stereocenters. The first-order chi connectivity index (χ1) is 28.9. The highest BCUT2D eigenvalue weighted by Gasteiger charge is 1.98. The van der Waals surface area contributed by atoms with Crippen LogP contribution in [-0.4, -0.2) is 238 Å². The molecule has 0 aromatic heterocycles. The van der Waals surface area contributed by atoms with E-state index >= 15 is 0 Å². The monoisotopic (exact) mass is 842 g/mol. The summed E-state index contributed by atoms with van der Waals surface area (Å²) >= 11 is 0. The van der Waals surface area contributed by atoms with Crippen LogP contribution in [-0.2, 0) is 85.3 Å². The minimum Gasteiger partial charge on any atom is -0.377 e. The first-order valence-corrected chi connectivity index (χ1v) is 20.2. The van der Waals surface area contributed by atoms with Crippen molar-refractivity contribution in [3.63, 3.8) is 0 Å². The van der Waals surface area contributed by atoms with Crippen LogP contribution in [0.4, 0.5) is 0 Å². The topological polar surface area (TPSA) is 166 Å². The van der Waals surface area contributed by atoms with Crippen LogP contribution in [0.15, 0.2) is 0 Å². The van der Waals surface area contributed by atoms with E-state index in [1.807, 2.05) is 0 Å². The van der Waals surface area contributed by atoms with Crippen LogP contribution in [0.5, 0.6) is 0 Å². The molecule has 0 aromatic rings. The summed E-state index contributed by atoms with van der Waals surface area (Å²) in [6.45, 7) is 17.5. The van der Waals surface area contributed by atoms with Crippen LogP contribution in [0.25, 0.3) is 0 Å². The van der Waals surface area contributed by atoms with Gasteiger partial charge >= 0.3 is 0 Å². The predicted molar refractivity (Wildman–Crippen MR) is 212 cm³/mol. The maximum atomic E-state index is 5.50. The summed E-state index contributed by atoms with van der Waals surface area (Å²) in [6, 6.07) is 0. The Hall–Kier alpha value is -1.60. The Morgan fingerprint density at radius 3 is 0.328 bits per heavy atom. The maximum Gasteiger partial charge on any atom is 0.107 e. The van der Waals surface area contributed by atoms with Crippen LogP contribution in [0, 0.1) is 24.7 Å². The van der Waals surface area contributed by atoms with Crippen molar-refractivity contribution in [2.24, 2.45) is 0 Å². The van der Waals surface area contributed by atoms with Crippen molar-refractivity contribution >= 4 is 0 Å². The molecule has 0 saturated carbocycles. The molecule has 0 radical (unpaired) electrons. The average molecular weight is 843 g/mol. The fraction of sp³-hybridized carbons (Fsp3) is 0.900. The van der Waals surface area contributed by atoms with Gasteiger partial charge in [-0.05, 0) is 0 Å². The number of rotatable bonds is 53. The molecule has 0 spiro atoms. The van der Waals surface area contributed by atoms with Crippen molar-refractivity contribution in [2.45, 2.75) is 0 Å². The van der Waals surface area contributed by atoms with Gasteiger partial charge in [0, 0.05) is 0 Å². The van der Waals surface area contributed by atoms with E-state index in [0.29, 0.717) is 238 Å². The molecule has 18 heteroatoms. The molecule has 0 unspecified atom stereocenters. The third-order valence-electron chi connectivity index (χ3n) is 6.69. The Labute approximate surface area is 347 Å². The number of terminal acetylenes is 2. The second kappa shape index (κ2) is 55.4. The zero-order valence-corrected chi connectivity index (χ0v) is 35.0. The average Bonchev–Trinajstić information content (AvgIpc) is 3.23. The van der Waals surface area contributed by atoms with Gasteiger partial charge < -0.3 is 85.3 Å². The minimum atomic E-state index is 0.302. The number of hydrogen-bond acceptors (Lipinski definition) is 18. The third-order valence-corrected chi connectivity index (χ3v) is 6.69. The lowest BCUT2D eigenvalue weighted by Gasteiger charge is -2.09. The van der Waals surface area contributed by atoms with E-state index < -0.39 is 0 Å². The van der Waals surface area contributed by atoms with Crippen molar-refractivity contribution in [1.29, 1.82) is 0 Å². The molecule has 0 heterocycles. The van der Waals surface area contributed by atoms with Crippen molar-refractivity contribution < 1.29 is 85.3 Å². The van der Waals surface area contributed by atoms with Gasteiger partial charge in [-0.2, -0.15) is 0 Å². The van der Waals surface area contributed by atoms with Crippen molar-refractivity contribution in [1.82, 2.24) is 0 Å². The van der Waals surface area contributed by atoms with Gasteiger partial charge in [-0.25, -0.2) is 0 Å². The van der Waals surface area contributed by atoms with Gasteiger partial charge in [0.25, 0.3) is 0 Å². The molecular formula is C40H74O18. The molecule has 0 rings (SSSR count). The largest absolute Gasteiger partial charge is 0.377 e. The molecule has 0 aromatic carbocycles. The lowest BCUT2D eigenvalue weighted by Crippen LogP contribution is -2.16. The summed E-state index contributed by atoms with van der Waals surface area (Å²) in [6.07, 6.45) is 10.2. The van der Waals surface area contributed by atoms with Gasteiger partial charge in [0.2, 0.25) is 0 Å². The lowest BCUT2D eigenvalue weighted by atomic mass is 10.6. The summed E-state index contributed by atoms with van der Waals surface area (Å²) in [5.74, 6) is 4.80. The molecule has 0 N–H and O–H groups in total. The molecule has 0 aliphatic heterocycles. The highest BCUT2D eigenvalue weighted by atomic mass is 16.6. The number of ether oxygens (including phenoxy) is 18. The molecule has 0 saturated heterocycles. The quantitative estimate of drug-likeness (QED) is 0.0615. The van der Waals surface area contributed by atoms with Gasteiger partial charge in [0.1, 0.15) is 13.2 Å². The van der Waals surface area contributed by atoms with E-state index in [4.69, 9.17) is 98.1 Å². The van der Waals surface area contributed by atoms with E-state index in [1.165, 1.54) is 0 Å². The fourth-order valence-corrected chi connectivity index (χ4v) is 3.90. The highest BCUT2D eigenvalue weighted by molar-refractivity contribution is 4.83. The molecule has 0 aliphatic carbocycles. The Morgan fingerprint density at radius 1 is 0.155 bits per heavy atom. The molecular weight excluding hydrogens is 768 g/mol. The zero-order valence-electron chi connectivity index (χ0n) is 35.0. The van der Waals surface area contributed by atoms with Gasteiger partial charge in [0.05, 0.1) is 225 Å². The molecule has 342 valence electrons. The second-order valence-electron chi connectivity index (χ2n) is 11.3. The van der Waals surface area contributed by atoms with Gasteiger partial charge in [-0.3, -0.25) is 0 Å². The van der Waals surface area contributed by atoms with Crippen LogP contribution in [0.2, 0.25) is 0 Å². The van der Waals surface area contributed by atoms with E-state index in [1.54, 1.807) is 0 Å². The summed E-state index contributed by atoms with van der Waals surface area (Å²) in [5.41, 5.74) is 0. The molecule has 0 amide bonds. The molecule has 0 fully saturated rings. The predicted octanol–water partition coefficient (Wildman–Crippen LogP) is 0.552. The van der Waals surface area contributed by atoms with Crippen molar-refractivity contribution in [3.05, 3.63) is 0 Å². The van der Waals surface area contributed by atoms with Crippen LogP contribution < -0.4 is 0 Å². The zero-order chi connectivity index (χ0) is 41.6. The Bertz CT molecular complexity index is 765. The Kier molecular flexibility index (Phi) is 53.9. The van der Waals surface area contributed by atoms with E-state index in [-0.39, 0.29) is 0 Å². The molecule has 18 nitrogen and oxygen atoms in total. The van der Waals surface area contributed by atoms with Gasteiger partial charge in [-0.15, -0.1) is 12.8 Å². The van der Waals surface area contributed by atoms with E-state index in [9.17, 15) is 0 Å². The number of hydrogen-bond donors (Lipinski definition) is 0. The van der Waals surface area contributed by atoms with Crippen LogP contribution >= 0.6 is 0 Å². The Morgan fingerprint density at radius 2 is 0.241 bits per heavy atom. The van der Waals surface area contributed by atoms with E-state index in [2.05, 4.69) is 11.8 Å². The fourth-order valence-electron chi connectivity index (χ4n) is 3.90. The standard InChI is InChI=1S/C40H74O18/c1-3-5-41-7-9-43-11-13-45-15-17-47-19-21-49-23-25-51-27-29-53-31-33-55-35-37-57-39-40-58-38-36-56-34-32-54-30-28-52-26-24-50-22-20-48-18-16-46-14-12-44-10-8-42-6-4-2/h1-2H,5-40H2. The summed E-state index contributed by atoms with van der Waals surface area (Å²) in [7, 11) is 0. The van der Waals surface area contributed by atoms with Crippen LogP contribution in [0.1, 0.15) is 0 Å². The van der Waals surface area contributed by atoms with E-state index in [0.717, 1.165) is 0 Å².